The van der Waals surface area contributed by atoms with Crippen molar-refractivity contribution in [2.24, 2.45) is 5.73 Å². The summed E-state index contributed by atoms with van der Waals surface area (Å²) < 4.78 is 10.6. The summed E-state index contributed by atoms with van der Waals surface area (Å²) >= 11 is 0. The number of ether oxygens (including phenoxy) is 2. The molecule has 0 saturated carbocycles. The minimum absolute atomic E-state index is 0.119. The van der Waals surface area contributed by atoms with E-state index in [-0.39, 0.29) is 12.0 Å². The van der Waals surface area contributed by atoms with E-state index in [2.05, 4.69) is 4.90 Å². The molecule has 0 radical (unpaired) electrons. The Morgan fingerprint density at radius 2 is 2.10 bits per heavy atom. The summed E-state index contributed by atoms with van der Waals surface area (Å²) in [4.78, 5) is 13.9. The molecule has 0 aliphatic carbocycles. The summed E-state index contributed by atoms with van der Waals surface area (Å²) in [5.74, 6) is 0.695. The minimum atomic E-state index is -0.137. The second kappa shape index (κ2) is 8.00. The van der Waals surface area contributed by atoms with Crippen LogP contribution in [0.15, 0.2) is 24.3 Å². The first-order valence-electron chi connectivity index (χ1n) is 7.48. The molecule has 2 rings (SSSR count). The lowest BCUT2D eigenvalue weighted by Gasteiger charge is -2.33. The largest absolute Gasteiger partial charge is 0.492 e. The number of esters is 1. The fourth-order valence-corrected chi connectivity index (χ4v) is 2.66. The molecule has 5 nitrogen and oxygen atoms in total. The van der Waals surface area contributed by atoms with E-state index in [0.717, 1.165) is 43.7 Å². The molecule has 1 aromatic carbocycles. The third-order valence-corrected chi connectivity index (χ3v) is 3.89. The van der Waals surface area contributed by atoms with Gasteiger partial charge in [-0.05, 0) is 37.1 Å². The number of nitrogens with two attached hydrogens (primary N) is 1. The molecular formula is C16H24N2O3. The van der Waals surface area contributed by atoms with Crippen LogP contribution in [0, 0.1) is 0 Å². The second-order valence-corrected chi connectivity index (χ2v) is 5.27. The third-order valence-electron chi connectivity index (χ3n) is 3.89. The molecule has 1 aromatic rings. The molecule has 2 N–H and O–H groups in total. The molecule has 116 valence electrons. The van der Waals surface area contributed by atoms with Crippen molar-refractivity contribution in [1.82, 2.24) is 4.90 Å². The highest BCUT2D eigenvalue weighted by Crippen LogP contribution is 2.18. The van der Waals surface area contributed by atoms with Gasteiger partial charge in [0.05, 0.1) is 7.11 Å². The van der Waals surface area contributed by atoms with E-state index in [1.165, 1.54) is 7.11 Å². The van der Waals surface area contributed by atoms with Crippen molar-refractivity contribution in [3.63, 3.8) is 0 Å². The summed E-state index contributed by atoms with van der Waals surface area (Å²) in [6.45, 7) is 2.76. The maximum absolute atomic E-state index is 11.8. The molecule has 1 aliphatic heterocycles. The van der Waals surface area contributed by atoms with Crippen LogP contribution in [-0.2, 0) is 16.1 Å². The zero-order valence-electron chi connectivity index (χ0n) is 12.6. The average molecular weight is 292 g/mol. The van der Waals surface area contributed by atoms with Crippen LogP contribution in [0.5, 0.6) is 5.75 Å². The van der Waals surface area contributed by atoms with Gasteiger partial charge in [-0.15, -0.1) is 0 Å². The van der Waals surface area contributed by atoms with Gasteiger partial charge in [0.1, 0.15) is 18.4 Å². The molecule has 1 unspecified atom stereocenters. The van der Waals surface area contributed by atoms with Gasteiger partial charge in [-0.3, -0.25) is 9.69 Å². The number of likely N-dealkylation sites (tertiary alicyclic amines) is 1. The molecule has 1 atom stereocenters. The normalized spacial score (nSPS) is 19.2. The Hall–Kier alpha value is -1.59. The van der Waals surface area contributed by atoms with Crippen LogP contribution < -0.4 is 10.5 Å². The van der Waals surface area contributed by atoms with E-state index in [0.29, 0.717) is 13.2 Å². The predicted molar refractivity (Wildman–Crippen MR) is 81.1 cm³/mol. The summed E-state index contributed by atoms with van der Waals surface area (Å²) in [6.07, 6.45) is 3.08. The van der Waals surface area contributed by atoms with Crippen LogP contribution in [0.2, 0.25) is 0 Å². The number of benzene rings is 1. The Kier molecular flexibility index (Phi) is 6.02. The Balaban J connectivity index is 1.81. The van der Waals surface area contributed by atoms with E-state index in [9.17, 15) is 4.79 Å². The van der Waals surface area contributed by atoms with Crippen LogP contribution in [0.25, 0.3) is 0 Å². The molecule has 5 heteroatoms. The van der Waals surface area contributed by atoms with Crippen molar-refractivity contribution in [1.29, 1.82) is 0 Å². The SMILES string of the molecule is COC(=O)C1CCCCN1CCOc1ccc(CN)cc1. The van der Waals surface area contributed by atoms with Gasteiger partial charge in [0.25, 0.3) is 0 Å². The van der Waals surface area contributed by atoms with E-state index in [1.54, 1.807) is 0 Å². The van der Waals surface area contributed by atoms with E-state index in [4.69, 9.17) is 15.2 Å². The zero-order valence-corrected chi connectivity index (χ0v) is 12.6. The molecule has 1 aliphatic rings. The van der Waals surface area contributed by atoms with Crippen LogP contribution in [0.1, 0.15) is 24.8 Å². The van der Waals surface area contributed by atoms with Gasteiger partial charge in [-0.25, -0.2) is 0 Å². The summed E-state index contributed by atoms with van der Waals surface area (Å²) in [5, 5.41) is 0. The Morgan fingerprint density at radius 1 is 1.33 bits per heavy atom. The average Bonchev–Trinajstić information content (AvgIpc) is 2.55. The molecule has 1 fully saturated rings. The quantitative estimate of drug-likeness (QED) is 0.806. The first-order valence-corrected chi connectivity index (χ1v) is 7.48. The molecule has 21 heavy (non-hydrogen) atoms. The van der Waals surface area contributed by atoms with Gasteiger partial charge >= 0.3 is 5.97 Å². The molecule has 0 amide bonds. The zero-order chi connectivity index (χ0) is 15.1. The van der Waals surface area contributed by atoms with Crippen LogP contribution in [0.4, 0.5) is 0 Å². The maximum Gasteiger partial charge on any atom is 0.323 e. The highest BCUT2D eigenvalue weighted by Gasteiger charge is 2.28. The molecular weight excluding hydrogens is 268 g/mol. The third kappa shape index (κ3) is 4.44. The number of nitrogens with zero attached hydrogens (tertiary/aromatic N) is 1. The Morgan fingerprint density at radius 3 is 2.76 bits per heavy atom. The first-order chi connectivity index (χ1) is 10.2. The fraction of sp³-hybridized carbons (Fsp3) is 0.562. The highest BCUT2D eigenvalue weighted by molar-refractivity contribution is 5.75. The minimum Gasteiger partial charge on any atom is -0.492 e. The fourth-order valence-electron chi connectivity index (χ4n) is 2.66. The summed E-state index contributed by atoms with van der Waals surface area (Å²) in [5.41, 5.74) is 6.65. The van der Waals surface area contributed by atoms with E-state index in [1.807, 2.05) is 24.3 Å². The maximum atomic E-state index is 11.8. The number of piperidine rings is 1. The lowest BCUT2D eigenvalue weighted by atomic mass is 10.0. The predicted octanol–water partition coefficient (Wildman–Crippen LogP) is 1.55. The highest BCUT2D eigenvalue weighted by atomic mass is 16.5. The van der Waals surface area contributed by atoms with Crippen molar-refractivity contribution in [3.8, 4) is 5.75 Å². The van der Waals surface area contributed by atoms with Gasteiger partial charge in [-0.1, -0.05) is 18.6 Å². The van der Waals surface area contributed by atoms with Crippen molar-refractivity contribution < 1.29 is 14.3 Å². The van der Waals surface area contributed by atoms with Crippen LogP contribution in [0.3, 0.4) is 0 Å². The molecule has 1 saturated heterocycles. The smallest absolute Gasteiger partial charge is 0.323 e. The number of hydrogen-bond acceptors (Lipinski definition) is 5. The van der Waals surface area contributed by atoms with Gasteiger partial charge in [0.2, 0.25) is 0 Å². The Bertz CT molecular complexity index is 447. The van der Waals surface area contributed by atoms with Gasteiger partial charge in [0, 0.05) is 13.1 Å². The number of carbonyl (C=O) groups is 1. The molecule has 1 heterocycles. The van der Waals surface area contributed by atoms with Gasteiger partial charge < -0.3 is 15.2 Å². The number of methoxy groups -OCH3 is 1. The van der Waals surface area contributed by atoms with Crippen molar-refractivity contribution in [3.05, 3.63) is 29.8 Å². The van der Waals surface area contributed by atoms with Crippen LogP contribution >= 0.6 is 0 Å². The lowest BCUT2D eigenvalue weighted by Crippen LogP contribution is -2.46. The lowest BCUT2D eigenvalue weighted by molar-refractivity contribution is -0.148. The monoisotopic (exact) mass is 292 g/mol. The summed E-state index contributed by atoms with van der Waals surface area (Å²) in [7, 11) is 1.45. The van der Waals surface area contributed by atoms with Gasteiger partial charge in [0.15, 0.2) is 0 Å². The molecule has 0 bridgehead atoms. The molecule has 0 spiro atoms. The number of carbonyl (C=O) groups excluding carboxylic acids is 1. The van der Waals surface area contributed by atoms with Crippen molar-refractivity contribution in [2.75, 3.05) is 26.8 Å². The topological polar surface area (TPSA) is 64.8 Å². The first kappa shape index (κ1) is 15.8. The standard InChI is InChI=1S/C16H24N2O3/c1-20-16(19)15-4-2-3-9-18(15)10-11-21-14-7-5-13(12-17)6-8-14/h5-8,15H,2-4,9-12,17H2,1H3. The van der Waals surface area contributed by atoms with Crippen molar-refractivity contribution >= 4 is 5.97 Å². The van der Waals surface area contributed by atoms with E-state index >= 15 is 0 Å². The van der Waals surface area contributed by atoms with Crippen LogP contribution in [-0.4, -0.2) is 43.7 Å². The van der Waals surface area contributed by atoms with E-state index < -0.39 is 0 Å². The Labute approximate surface area is 126 Å². The molecule has 0 aromatic heterocycles. The van der Waals surface area contributed by atoms with Gasteiger partial charge in [-0.2, -0.15) is 0 Å². The summed E-state index contributed by atoms with van der Waals surface area (Å²) in [6, 6.07) is 7.67. The van der Waals surface area contributed by atoms with Crippen molar-refractivity contribution in [2.45, 2.75) is 31.8 Å². The number of rotatable bonds is 6. The number of hydrogen-bond donors (Lipinski definition) is 1. The second-order valence-electron chi connectivity index (χ2n) is 5.27.